The van der Waals surface area contributed by atoms with Crippen LogP contribution in [0.3, 0.4) is 0 Å². The van der Waals surface area contributed by atoms with Crippen LogP contribution in [0.4, 0.5) is 11.4 Å². The molecule has 2 aromatic rings. The Hall–Kier alpha value is -1.76. The first-order valence-electron chi connectivity index (χ1n) is 7.11. The van der Waals surface area contributed by atoms with Crippen LogP contribution in [0.1, 0.15) is 13.8 Å². The molecule has 0 bridgehead atoms. The lowest BCUT2D eigenvalue weighted by Gasteiger charge is -2.24. The van der Waals surface area contributed by atoms with E-state index in [1.807, 2.05) is 0 Å². The molecule has 0 unspecified atom stereocenters. The summed E-state index contributed by atoms with van der Waals surface area (Å²) in [6.45, 7) is 3.28. The molecule has 0 heterocycles. The van der Waals surface area contributed by atoms with Crippen LogP contribution in [-0.2, 0) is 14.8 Å². The van der Waals surface area contributed by atoms with Gasteiger partial charge in [-0.05, 0) is 49.4 Å². The molecule has 0 saturated heterocycles. The van der Waals surface area contributed by atoms with Crippen molar-refractivity contribution in [2.45, 2.75) is 18.7 Å². The van der Waals surface area contributed by atoms with Crippen molar-refractivity contribution in [1.29, 1.82) is 0 Å². The van der Waals surface area contributed by atoms with Crippen molar-refractivity contribution in [2.24, 2.45) is 0 Å². The van der Waals surface area contributed by atoms with Gasteiger partial charge in [0.1, 0.15) is 0 Å². The fourth-order valence-corrected chi connectivity index (χ4v) is 4.11. The van der Waals surface area contributed by atoms with Gasteiger partial charge in [0, 0.05) is 24.2 Å². The maximum atomic E-state index is 12.9. The summed E-state index contributed by atoms with van der Waals surface area (Å²) in [7, 11) is -3.81. The number of rotatable bonds is 5. The lowest BCUT2D eigenvalue weighted by atomic mass is 10.3. The molecule has 0 spiro atoms. The first kappa shape index (κ1) is 18.6. The summed E-state index contributed by atoms with van der Waals surface area (Å²) < 4.78 is 27.0. The number of carbonyl (C=O) groups excluding carboxylic acids is 1. The predicted octanol–water partition coefficient (Wildman–Crippen LogP) is 4.17. The molecular formula is C16H16Cl2N2O3S. The number of carbonyl (C=O) groups is 1. The van der Waals surface area contributed by atoms with Crippen LogP contribution in [0, 0.1) is 0 Å². The Kier molecular flexibility index (Phi) is 5.74. The zero-order chi connectivity index (χ0) is 17.9. The van der Waals surface area contributed by atoms with E-state index in [9.17, 15) is 13.2 Å². The van der Waals surface area contributed by atoms with Crippen molar-refractivity contribution in [3.05, 3.63) is 52.5 Å². The molecule has 0 atom stereocenters. The average molecular weight is 387 g/mol. The monoisotopic (exact) mass is 386 g/mol. The first-order valence-corrected chi connectivity index (χ1v) is 9.30. The van der Waals surface area contributed by atoms with Gasteiger partial charge in [0.05, 0.1) is 15.6 Å². The van der Waals surface area contributed by atoms with Gasteiger partial charge in [-0.25, -0.2) is 8.42 Å². The Labute approximate surface area is 151 Å². The second kappa shape index (κ2) is 7.42. The molecule has 0 saturated carbocycles. The van der Waals surface area contributed by atoms with Gasteiger partial charge < -0.3 is 5.32 Å². The molecule has 5 nitrogen and oxygen atoms in total. The van der Waals surface area contributed by atoms with E-state index in [0.717, 1.165) is 0 Å². The summed E-state index contributed by atoms with van der Waals surface area (Å²) in [6, 6.07) is 10.6. The van der Waals surface area contributed by atoms with Crippen molar-refractivity contribution >= 4 is 50.5 Å². The summed E-state index contributed by atoms with van der Waals surface area (Å²) >= 11 is 12.1. The molecule has 128 valence electrons. The van der Waals surface area contributed by atoms with Gasteiger partial charge in [-0.1, -0.05) is 23.2 Å². The molecule has 2 rings (SSSR count). The highest BCUT2D eigenvalue weighted by atomic mass is 35.5. The van der Waals surface area contributed by atoms with Crippen molar-refractivity contribution in [3.63, 3.8) is 0 Å². The van der Waals surface area contributed by atoms with Crippen LogP contribution in [0.5, 0.6) is 0 Å². The van der Waals surface area contributed by atoms with Gasteiger partial charge in [0.2, 0.25) is 5.91 Å². The number of benzene rings is 2. The number of halogens is 2. The number of hydrogen-bond donors (Lipinski definition) is 1. The Morgan fingerprint density at radius 2 is 1.75 bits per heavy atom. The Morgan fingerprint density at radius 1 is 1.12 bits per heavy atom. The van der Waals surface area contributed by atoms with Gasteiger partial charge in [0.15, 0.2) is 0 Å². The zero-order valence-electron chi connectivity index (χ0n) is 13.1. The maximum Gasteiger partial charge on any atom is 0.264 e. The molecule has 8 heteroatoms. The summed E-state index contributed by atoms with van der Waals surface area (Å²) in [5.74, 6) is -0.230. The molecule has 0 aliphatic rings. The third-order valence-electron chi connectivity index (χ3n) is 3.23. The van der Waals surface area contributed by atoms with Crippen molar-refractivity contribution in [1.82, 2.24) is 0 Å². The second-order valence-corrected chi connectivity index (χ2v) is 7.68. The van der Waals surface area contributed by atoms with Crippen LogP contribution < -0.4 is 9.62 Å². The Balaban J connectivity index is 2.43. The largest absolute Gasteiger partial charge is 0.326 e. The van der Waals surface area contributed by atoms with E-state index in [4.69, 9.17) is 23.2 Å². The predicted molar refractivity (Wildman–Crippen MR) is 97.4 cm³/mol. The Morgan fingerprint density at radius 3 is 2.29 bits per heavy atom. The molecule has 0 radical (unpaired) electrons. The van der Waals surface area contributed by atoms with Crippen LogP contribution in [-0.4, -0.2) is 20.9 Å². The smallest absolute Gasteiger partial charge is 0.264 e. The molecule has 24 heavy (non-hydrogen) atoms. The average Bonchev–Trinajstić information content (AvgIpc) is 2.51. The number of nitrogens with zero attached hydrogens (tertiary/aromatic N) is 1. The van der Waals surface area contributed by atoms with E-state index in [0.29, 0.717) is 21.4 Å². The quantitative estimate of drug-likeness (QED) is 0.838. The van der Waals surface area contributed by atoms with Crippen LogP contribution in [0.2, 0.25) is 10.0 Å². The normalized spacial score (nSPS) is 11.2. The molecule has 0 aliphatic heterocycles. The van der Waals surface area contributed by atoms with Gasteiger partial charge in [-0.3, -0.25) is 9.10 Å². The fourth-order valence-electron chi connectivity index (χ4n) is 2.19. The number of sulfonamides is 1. The highest BCUT2D eigenvalue weighted by molar-refractivity contribution is 7.92. The van der Waals surface area contributed by atoms with Crippen molar-refractivity contribution < 1.29 is 13.2 Å². The van der Waals surface area contributed by atoms with Gasteiger partial charge in [0.25, 0.3) is 10.0 Å². The van der Waals surface area contributed by atoms with Gasteiger partial charge >= 0.3 is 0 Å². The zero-order valence-corrected chi connectivity index (χ0v) is 15.4. The molecular weight excluding hydrogens is 371 g/mol. The van der Waals surface area contributed by atoms with E-state index >= 15 is 0 Å². The van der Waals surface area contributed by atoms with Gasteiger partial charge in [-0.15, -0.1) is 0 Å². The highest BCUT2D eigenvalue weighted by Gasteiger charge is 2.25. The number of amides is 1. The minimum absolute atomic E-state index is 0.0921. The van der Waals surface area contributed by atoms with E-state index in [1.165, 1.54) is 41.6 Å². The van der Waals surface area contributed by atoms with E-state index in [2.05, 4.69) is 5.32 Å². The van der Waals surface area contributed by atoms with E-state index < -0.39 is 10.0 Å². The molecule has 2 aromatic carbocycles. The molecule has 0 fully saturated rings. The molecule has 1 amide bonds. The number of nitrogens with one attached hydrogen (secondary N) is 1. The minimum Gasteiger partial charge on any atom is -0.326 e. The van der Waals surface area contributed by atoms with E-state index in [-0.39, 0.29) is 17.3 Å². The third kappa shape index (κ3) is 4.01. The standard InChI is InChI=1S/C16H16Cl2N2O3S/c1-3-20(16-10-12(17)4-9-15(16)18)24(22,23)14-7-5-13(6-8-14)19-11(2)21/h4-10H,3H2,1-2H3,(H,19,21). The number of anilines is 2. The third-order valence-corrected chi connectivity index (χ3v) is 5.68. The fraction of sp³-hybridized carbons (Fsp3) is 0.188. The van der Waals surface area contributed by atoms with Gasteiger partial charge in [-0.2, -0.15) is 0 Å². The second-order valence-electron chi connectivity index (χ2n) is 4.97. The topological polar surface area (TPSA) is 66.5 Å². The highest BCUT2D eigenvalue weighted by Crippen LogP contribution is 2.33. The first-order chi connectivity index (χ1) is 11.3. The van der Waals surface area contributed by atoms with Crippen molar-refractivity contribution in [2.75, 3.05) is 16.2 Å². The minimum atomic E-state index is -3.81. The summed E-state index contributed by atoms with van der Waals surface area (Å²) in [5.41, 5.74) is 0.836. The van der Waals surface area contributed by atoms with Crippen LogP contribution in [0.15, 0.2) is 47.4 Å². The van der Waals surface area contributed by atoms with Crippen LogP contribution in [0.25, 0.3) is 0 Å². The lowest BCUT2D eigenvalue weighted by Crippen LogP contribution is -2.31. The lowest BCUT2D eigenvalue weighted by molar-refractivity contribution is -0.114. The van der Waals surface area contributed by atoms with E-state index in [1.54, 1.807) is 19.1 Å². The number of hydrogen-bond acceptors (Lipinski definition) is 3. The molecule has 1 N–H and O–H groups in total. The molecule has 0 aromatic heterocycles. The Bertz CT molecular complexity index is 852. The van der Waals surface area contributed by atoms with Crippen molar-refractivity contribution in [3.8, 4) is 0 Å². The SMILES string of the molecule is CCN(c1cc(Cl)ccc1Cl)S(=O)(=O)c1ccc(NC(C)=O)cc1. The maximum absolute atomic E-state index is 12.9. The summed E-state index contributed by atoms with van der Waals surface area (Å²) in [6.07, 6.45) is 0. The molecule has 0 aliphatic carbocycles. The summed E-state index contributed by atoms with van der Waals surface area (Å²) in [5, 5.41) is 3.27. The van der Waals surface area contributed by atoms with Crippen LogP contribution >= 0.6 is 23.2 Å². The summed E-state index contributed by atoms with van der Waals surface area (Å²) in [4.78, 5) is 11.1.